The van der Waals surface area contributed by atoms with Gasteiger partial charge < -0.3 is 43.0 Å². The van der Waals surface area contributed by atoms with Crippen LogP contribution in [0.2, 0.25) is 0 Å². The summed E-state index contributed by atoms with van der Waals surface area (Å²) in [6.07, 6.45) is -1.75. The van der Waals surface area contributed by atoms with Gasteiger partial charge in [0, 0.05) is 11.6 Å². The van der Waals surface area contributed by atoms with Crippen LogP contribution in [0.4, 0.5) is 0 Å². The van der Waals surface area contributed by atoms with Crippen LogP contribution < -0.4 is 28.4 Å². The van der Waals surface area contributed by atoms with Crippen LogP contribution in [-0.2, 0) is 9.47 Å². The van der Waals surface area contributed by atoms with Gasteiger partial charge in [-0.15, -0.1) is 11.6 Å². The van der Waals surface area contributed by atoms with Gasteiger partial charge in [-0.3, -0.25) is 0 Å². The molecular formula is C24H27ClO9. The van der Waals surface area contributed by atoms with E-state index < -0.39 is 23.9 Å². The Hall–Kier alpha value is -2.59. The molecule has 0 spiro atoms. The quantitative estimate of drug-likeness (QED) is 0.583. The first kappa shape index (κ1) is 23.2. The average molecular weight is 495 g/mol. The van der Waals surface area contributed by atoms with Crippen molar-refractivity contribution in [3.8, 4) is 34.5 Å². The molecule has 0 aromatic heterocycles. The second kappa shape index (κ2) is 9.22. The molecule has 3 aliphatic rings. The number of ether oxygens (including phenoxy) is 8. The average Bonchev–Trinajstić information content (AvgIpc) is 3.37. The highest BCUT2D eigenvalue weighted by Gasteiger charge is 2.61. The largest absolute Gasteiger partial charge is 0.496 e. The highest BCUT2D eigenvalue weighted by molar-refractivity contribution is 6.18. The molecule has 9 nitrogen and oxygen atoms in total. The molecular weight excluding hydrogens is 468 g/mol. The molecule has 2 saturated heterocycles. The molecule has 5 atom stereocenters. The van der Waals surface area contributed by atoms with Crippen molar-refractivity contribution in [1.82, 2.24) is 0 Å². The third-order valence-electron chi connectivity index (χ3n) is 6.44. The van der Waals surface area contributed by atoms with Crippen molar-refractivity contribution < 1.29 is 43.0 Å². The highest BCUT2D eigenvalue weighted by Crippen LogP contribution is 2.52. The maximum Gasteiger partial charge on any atom is 0.232 e. The van der Waals surface area contributed by atoms with Crippen LogP contribution in [0.15, 0.2) is 30.3 Å². The van der Waals surface area contributed by atoms with Gasteiger partial charge in [0.2, 0.25) is 12.0 Å². The van der Waals surface area contributed by atoms with Crippen molar-refractivity contribution >= 4 is 11.6 Å². The summed E-state index contributed by atoms with van der Waals surface area (Å²) in [5.74, 6) is 2.86. The second-order valence-electron chi connectivity index (χ2n) is 8.35. The summed E-state index contributed by atoms with van der Waals surface area (Å²) in [7, 11) is 4.64. The number of alkyl halides is 1. The number of methoxy groups -OCH3 is 3. The van der Waals surface area contributed by atoms with E-state index in [4.69, 9.17) is 49.5 Å². The Labute approximate surface area is 202 Å². The third kappa shape index (κ3) is 3.76. The molecule has 10 heteroatoms. The van der Waals surface area contributed by atoms with E-state index in [1.54, 1.807) is 31.4 Å². The van der Waals surface area contributed by atoms with E-state index in [0.717, 1.165) is 5.56 Å². The molecule has 184 valence electrons. The SMILES string of the molecule is COc1cc2c(cc1[C@H]1OC[C@]3(O)[C@@H](Oc4c(OC)cccc4OC)OC[C@H]13)OC(CCl)CO2. The van der Waals surface area contributed by atoms with Crippen LogP contribution in [0, 0.1) is 5.92 Å². The van der Waals surface area contributed by atoms with E-state index in [2.05, 4.69) is 0 Å². The molecule has 2 aromatic carbocycles. The smallest absolute Gasteiger partial charge is 0.232 e. The molecule has 34 heavy (non-hydrogen) atoms. The van der Waals surface area contributed by atoms with E-state index in [1.807, 2.05) is 6.07 Å². The van der Waals surface area contributed by atoms with E-state index in [0.29, 0.717) is 47.0 Å². The molecule has 1 N–H and O–H groups in total. The van der Waals surface area contributed by atoms with Crippen LogP contribution >= 0.6 is 11.6 Å². The molecule has 0 aliphatic carbocycles. The van der Waals surface area contributed by atoms with Crippen LogP contribution in [0.1, 0.15) is 11.7 Å². The summed E-state index contributed by atoms with van der Waals surface area (Å²) >= 11 is 5.95. The third-order valence-corrected chi connectivity index (χ3v) is 6.78. The summed E-state index contributed by atoms with van der Waals surface area (Å²) in [4.78, 5) is 0. The summed E-state index contributed by atoms with van der Waals surface area (Å²) in [5.41, 5.74) is -0.687. The zero-order valence-corrected chi connectivity index (χ0v) is 19.9. The minimum absolute atomic E-state index is 0.00632. The van der Waals surface area contributed by atoms with Gasteiger partial charge in [-0.1, -0.05) is 6.07 Å². The zero-order chi connectivity index (χ0) is 23.9. The van der Waals surface area contributed by atoms with E-state index in [9.17, 15) is 5.11 Å². The van der Waals surface area contributed by atoms with Gasteiger partial charge in [0.1, 0.15) is 18.5 Å². The zero-order valence-electron chi connectivity index (χ0n) is 19.1. The molecule has 2 aromatic rings. The van der Waals surface area contributed by atoms with Gasteiger partial charge >= 0.3 is 0 Å². The molecule has 0 radical (unpaired) electrons. The van der Waals surface area contributed by atoms with Crippen LogP contribution in [0.3, 0.4) is 0 Å². The predicted octanol–water partition coefficient (Wildman–Crippen LogP) is 2.94. The Kier molecular flexibility index (Phi) is 6.28. The predicted molar refractivity (Wildman–Crippen MR) is 121 cm³/mol. The van der Waals surface area contributed by atoms with Crippen molar-refractivity contribution in [2.75, 3.05) is 47.0 Å². The summed E-state index contributed by atoms with van der Waals surface area (Å²) in [5, 5.41) is 11.6. The highest BCUT2D eigenvalue weighted by atomic mass is 35.5. The molecule has 0 saturated carbocycles. The van der Waals surface area contributed by atoms with Gasteiger partial charge in [-0.2, -0.15) is 0 Å². The molecule has 5 rings (SSSR count). The lowest BCUT2D eigenvalue weighted by molar-refractivity contribution is -0.153. The van der Waals surface area contributed by atoms with Gasteiger partial charge in [0.15, 0.2) is 28.6 Å². The number of rotatable bonds is 7. The Balaban J connectivity index is 1.43. The monoisotopic (exact) mass is 494 g/mol. The number of halogens is 1. The molecule has 3 heterocycles. The van der Waals surface area contributed by atoms with Crippen LogP contribution in [0.25, 0.3) is 0 Å². The Morgan fingerprint density at radius 2 is 1.74 bits per heavy atom. The first-order chi connectivity index (χ1) is 16.5. The van der Waals surface area contributed by atoms with Crippen LogP contribution in [-0.4, -0.2) is 70.1 Å². The van der Waals surface area contributed by atoms with Crippen molar-refractivity contribution in [2.45, 2.75) is 24.1 Å². The summed E-state index contributed by atoms with van der Waals surface area (Å²) in [6.45, 7) is 0.581. The Morgan fingerprint density at radius 1 is 1.00 bits per heavy atom. The maximum atomic E-state index is 11.6. The lowest BCUT2D eigenvalue weighted by Gasteiger charge is -2.29. The Morgan fingerprint density at radius 3 is 2.41 bits per heavy atom. The number of para-hydroxylation sites is 1. The number of hydrogen-bond acceptors (Lipinski definition) is 9. The minimum atomic E-state index is -1.41. The molecule has 1 unspecified atom stereocenters. The Bertz CT molecular complexity index is 1030. The molecule has 0 amide bonds. The summed E-state index contributed by atoms with van der Waals surface area (Å²) in [6, 6.07) is 8.86. The van der Waals surface area contributed by atoms with Gasteiger partial charge in [-0.25, -0.2) is 0 Å². The number of aliphatic hydroxyl groups is 1. The molecule has 0 bridgehead atoms. The molecule has 2 fully saturated rings. The second-order valence-corrected chi connectivity index (χ2v) is 8.66. The lowest BCUT2D eigenvalue weighted by Crippen LogP contribution is -2.47. The van der Waals surface area contributed by atoms with Gasteiger partial charge in [-0.05, 0) is 18.2 Å². The molecule has 3 aliphatic heterocycles. The van der Waals surface area contributed by atoms with Crippen LogP contribution in [0.5, 0.6) is 34.5 Å². The van der Waals surface area contributed by atoms with E-state index in [-0.39, 0.29) is 19.3 Å². The van der Waals surface area contributed by atoms with Gasteiger partial charge in [0.05, 0.1) is 52.4 Å². The lowest BCUT2D eigenvalue weighted by atomic mass is 9.85. The van der Waals surface area contributed by atoms with Gasteiger partial charge in [0.25, 0.3) is 0 Å². The van der Waals surface area contributed by atoms with Crippen molar-refractivity contribution in [3.63, 3.8) is 0 Å². The number of fused-ring (bicyclic) bond motifs is 2. The summed E-state index contributed by atoms with van der Waals surface area (Å²) < 4.78 is 46.3. The fourth-order valence-electron chi connectivity index (χ4n) is 4.63. The minimum Gasteiger partial charge on any atom is -0.496 e. The van der Waals surface area contributed by atoms with Crippen molar-refractivity contribution in [2.24, 2.45) is 5.92 Å². The van der Waals surface area contributed by atoms with Crippen molar-refractivity contribution in [1.29, 1.82) is 0 Å². The van der Waals surface area contributed by atoms with Crippen molar-refractivity contribution in [3.05, 3.63) is 35.9 Å². The fourth-order valence-corrected chi connectivity index (χ4v) is 4.79. The maximum absolute atomic E-state index is 11.6. The normalized spacial score (nSPS) is 29.4. The van der Waals surface area contributed by atoms with E-state index >= 15 is 0 Å². The topological polar surface area (TPSA) is 94.1 Å². The number of benzene rings is 2. The number of hydrogen-bond donors (Lipinski definition) is 1. The fraction of sp³-hybridized carbons (Fsp3) is 0.500. The first-order valence-corrected chi connectivity index (χ1v) is 11.5. The standard InChI is InChI=1S/C24H27ClO9/c1-27-16-5-4-6-17(28-2)22(16)34-23-24(26)12-32-21(15(24)11-31-23)14-7-20-19(8-18(14)29-3)30-10-13(9-25)33-20/h4-8,13,15,21,23,26H,9-12H2,1-3H3/t13?,15-,21-,23-,24-/m1/s1. The first-order valence-electron chi connectivity index (χ1n) is 10.9. The van der Waals surface area contributed by atoms with E-state index in [1.165, 1.54) is 14.2 Å².